The number of carbonyl (C=O) groups is 2. The molecule has 0 aliphatic carbocycles. The quantitative estimate of drug-likeness (QED) is 0.213. The second-order valence-corrected chi connectivity index (χ2v) is 11.5. The van der Waals surface area contributed by atoms with E-state index in [9.17, 15) is 9.59 Å². The van der Waals surface area contributed by atoms with Gasteiger partial charge < -0.3 is 9.47 Å². The highest BCUT2D eigenvalue weighted by Gasteiger charge is 2.34. The number of morpholine rings is 1. The van der Waals surface area contributed by atoms with Gasteiger partial charge >= 0.3 is 0 Å². The van der Waals surface area contributed by atoms with Crippen LogP contribution in [-0.2, 0) is 16.0 Å². The summed E-state index contributed by atoms with van der Waals surface area (Å²) in [5.41, 5.74) is 2.35. The fourth-order valence-corrected chi connectivity index (χ4v) is 6.02. The molecule has 216 valence electrons. The van der Waals surface area contributed by atoms with Crippen LogP contribution in [0.2, 0.25) is 10.0 Å². The SMILES string of the molecule is O=C1S/C(=C\c2cc(-c3ccc(Cl)cc3Cl)ccc2OCCN2CCOCC2)C(=O)N1CCCCCc1nn[nH]n1. The molecule has 10 nitrogen and oxygen atoms in total. The van der Waals surface area contributed by atoms with E-state index in [1.807, 2.05) is 24.3 Å². The van der Waals surface area contributed by atoms with E-state index >= 15 is 0 Å². The molecule has 0 spiro atoms. The normalized spacial score (nSPS) is 17.1. The van der Waals surface area contributed by atoms with Crippen LogP contribution < -0.4 is 4.74 Å². The number of benzene rings is 2. The molecule has 0 atom stereocenters. The maximum absolute atomic E-state index is 13.2. The van der Waals surface area contributed by atoms with E-state index in [1.165, 1.54) is 4.90 Å². The van der Waals surface area contributed by atoms with Crippen LogP contribution in [0.4, 0.5) is 4.79 Å². The number of thioether (sulfide) groups is 1. The molecule has 13 heteroatoms. The van der Waals surface area contributed by atoms with Gasteiger partial charge in [0.25, 0.3) is 11.1 Å². The minimum Gasteiger partial charge on any atom is -0.492 e. The largest absolute Gasteiger partial charge is 0.492 e. The summed E-state index contributed by atoms with van der Waals surface area (Å²) in [5, 5.41) is 14.7. The van der Waals surface area contributed by atoms with E-state index in [0.29, 0.717) is 58.1 Å². The highest BCUT2D eigenvalue weighted by Crippen LogP contribution is 2.37. The van der Waals surface area contributed by atoms with Gasteiger partial charge in [-0.3, -0.25) is 19.4 Å². The smallest absolute Gasteiger partial charge is 0.293 e. The van der Waals surface area contributed by atoms with Gasteiger partial charge in [0, 0.05) is 53.8 Å². The van der Waals surface area contributed by atoms with Gasteiger partial charge in [-0.15, -0.1) is 10.2 Å². The lowest BCUT2D eigenvalue weighted by molar-refractivity contribution is -0.122. The van der Waals surface area contributed by atoms with Crippen molar-refractivity contribution in [3.63, 3.8) is 0 Å². The van der Waals surface area contributed by atoms with Crippen LogP contribution in [0.5, 0.6) is 5.75 Å². The van der Waals surface area contributed by atoms with E-state index < -0.39 is 0 Å². The summed E-state index contributed by atoms with van der Waals surface area (Å²) in [6, 6.07) is 11.1. The zero-order valence-corrected chi connectivity index (χ0v) is 24.7. The van der Waals surface area contributed by atoms with Crippen LogP contribution >= 0.6 is 35.0 Å². The molecular weight excluding hydrogens is 587 g/mol. The van der Waals surface area contributed by atoms with Crippen LogP contribution in [0.3, 0.4) is 0 Å². The van der Waals surface area contributed by atoms with Crippen molar-refractivity contribution in [3.8, 4) is 16.9 Å². The number of halogens is 2. The molecule has 2 amide bonds. The van der Waals surface area contributed by atoms with Gasteiger partial charge in [0.05, 0.1) is 18.1 Å². The van der Waals surface area contributed by atoms with Crippen molar-refractivity contribution in [2.75, 3.05) is 46.0 Å². The summed E-state index contributed by atoms with van der Waals surface area (Å²) in [4.78, 5) is 29.9. The number of nitrogens with one attached hydrogen (secondary N) is 1. The highest BCUT2D eigenvalue weighted by atomic mass is 35.5. The predicted octanol–water partition coefficient (Wildman–Crippen LogP) is 5.33. The predicted molar refractivity (Wildman–Crippen MR) is 159 cm³/mol. The number of carbonyl (C=O) groups excluding carboxylic acids is 2. The van der Waals surface area contributed by atoms with Gasteiger partial charge in [-0.05, 0) is 60.5 Å². The summed E-state index contributed by atoms with van der Waals surface area (Å²) in [6.07, 6.45) is 4.81. The molecule has 41 heavy (non-hydrogen) atoms. The van der Waals surface area contributed by atoms with Crippen molar-refractivity contribution in [2.45, 2.75) is 25.7 Å². The number of imide groups is 1. The van der Waals surface area contributed by atoms with E-state index in [-0.39, 0.29) is 11.1 Å². The number of ether oxygens (including phenoxy) is 2. The minimum atomic E-state index is -0.299. The maximum atomic E-state index is 13.2. The molecule has 3 heterocycles. The summed E-state index contributed by atoms with van der Waals surface area (Å²) in [5.74, 6) is 0.983. The van der Waals surface area contributed by atoms with Gasteiger partial charge in [-0.2, -0.15) is 5.21 Å². The van der Waals surface area contributed by atoms with Crippen molar-refractivity contribution in [2.24, 2.45) is 0 Å². The number of hydrogen-bond donors (Lipinski definition) is 1. The third-order valence-corrected chi connectivity index (χ3v) is 8.31. The lowest BCUT2D eigenvalue weighted by Gasteiger charge is -2.26. The van der Waals surface area contributed by atoms with Crippen molar-refractivity contribution in [1.29, 1.82) is 0 Å². The number of amides is 2. The third-order valence-electron chi connectivity index (χ3n) is 6.85. The fourth-order valence-electron chi connectivity index (χ4n) is 4.65. The van der Waals surface area contributed by atoms with Gasteiger partial charge in [-0.1, -0.05) is 47.0 Å². The number of tetrazole rings is 1. The maximum Gasteiger partial charge on any atom is 0.293 e. The molecule has 2 saturated heterocycles. The topological polar surface area (TPSA) is 114 Å². The molecular formula is C28H30Cl2N6O4S. The third kappa shape index (κ3) is 7.87. The molecule has 0 saturated carbocycles. The van der Waals surface area contributed by atoms with Crippen LogP contribution in [-0.4, -0.2) is 87.6 Å². The first-order chi connectivity index (χ1) is 20.0. The Morgan fingerprint density at radius 1 is 1.05 bits per heavy atom. The molecule has 0 radical (unpaired) electrons. The molecule has 2 fully saturated rings. The van der Waals surface area contributed by atoms with Crippen LogP contribution in [0.1, 0.15) is 30.7 Å². The van der Waals surface area contributed by atoms with E-state index in [0.717, 1.165) is 68.6 Å². The number of aromatic nitrogens is 4. The summed E-state index contributed by atoms with van der Waals surface area (Å²) in [6.45, 7) is 4.78. The molecule has 0 bridgehead atoms. The van der Waals surface area contributed by atoms with Crippen LogP contribution in [0.15, 0.2) is 41.3 Å². The lowest BCUT2D eigenvalue weighted by atomic mass is 10.0. The number of H-pyrrole nitrogens is 1. The van der Waals surface area contributed by atoms with Crippen molar-refractivity contribution >= 4 is 52.2 Å². The first-order valence-corrected chi connectivity index (χ1v) is 15.1. The Morgan fingerprint density at radius 3 is 2.68 bits per heavy atom. The van der Waals surface area contributed by atoms with E-state index in [2.05, 4.69) is 25.5 Å². The summed E-state index contributed by atoms with van der Waals surface area (Å²) in [7, 11) is 0. The molecule has 1 aromatic heterocycles. The Balaban J connectivity index is 1.29. The summed E-state index contributed by atoms with van der Waals surface area (Å²) < 4.78 is 11.6. The van der Waals surface area contributed by atoms with Crippen molar-refractivity contribution < 1.29 is 19.1 Å². The average molecular weight is 618 g/mol. The average Bonchev–Trinajstić information content (AvgIpc) is 3.58. The van der Waals surface area contributed by atoms with Crippen LogP contribution in [0.25, 0.3) is 17.2 Å². The summed E-state index contributed by atoms with van der Waals surface area (Å²) >= 11 is 13.5. The Kier molecular flexibility index (Phi) is 10.3. The number of aromatic amines is 1. The van der Waals surface area contributed by atoms with Gasteiger partial charge in [-0.25, -0.2) is 0 Å². The molecule has 1 N–H and O–H groups in total. The molecule has 3 aromatic rings. The van der Waals surface area contributed by atoms with Gasteiger partial charge in [0.2, 0.25) is 0 Å². The standard InChI is InChI=1S/C28H30Cl2N6O4S/c29-21-6-7-22(23(30)18-21)19-5-8-24(40-15-12-35-10-13-39-14-11-35)20(16-19)17-25-27(37)36(28(38)41-25)9-3-1-2-4-26-31-33-34-32-26/h5-8,16-18H,1-4,9-15H2,(H,31,32,33,34)/b25-17-. The van der Waals surface area contributed by atoms with Crippen LogP contribution in [0, 0.1) is 0 Å². The number of nitrogens with zero attached hydrogens (tertiary/aromatic N) is 5. The van der Waals surface area contributed by atoms with E-state index in [4.69, 9.17) is 32.7 Å². The Morgan fingerprint density at radius 2 is 1.90 bits per heavy atom. The number of rotatable bonds is 12. The fraction of sp³-hybridized carbons (Fsp3) is 0.393. The number of hydrogen-bond acceptors (Lipinski definition) is 9. The molecule has 0 unspecified atom stereocenters. The van der Waals surface area contributed by atoms with Crippen molar-refractivity contribution in [3.05, 3.63) is 62.7 Å². The van der Waals surface area contributed by atoms with E-state index in [1.54, 1.807) is 18.2 Å². The first-order valence-electron chi connectivity index (χ1n) is 13.5. The minimum absolute atomic E-state index is 0.272. The Labute approximate surface area is 252 Å². The number of unbranched alkanes of at least 4 members (excludes halogenated alkanes) is 2. The highest BCUT2D eigenvalue weighted by molar-refractivity contribution is 8.18. The monoisotopic (exact) mass is 616 g/mol. The first kappa shape index (κ1) is 29.5. The van der Waals surface area contributed by atoms with Gasteiger partial charge in [0.15, 0.2) is 5.82 Å². The lowest BCUT2D eigenvalue weighted by Crippen LogP contribution is -2.38. The second-order valence-electron chi connectivity index (χ2n) is 9.65. The Hall–Kier alpha value is -2.96. The second kappa shape index (κ2) is 14.3. The number of aryl methyl sites for hydroxylation is 1. The zero-order valence-electron chi connectivity index (χ0n) is 22.4. The van der Waals surface area contributed by atoms with Crippen molar-refractivity contribution in [1.82, 2.24) is 30.4 Å². The van der Waals surface area contributed by atoms with Gasteiger partial charge in [0.1, 0.15) is 12.4 Å². The molecule has 2 aliphatic rings. The Bertz CT molecular complexity index is 1400. The molecule has 5 rings (SSSR count). The zero-order chi connectivity index (χ0) is 28.6. The molecule has 2 aromatic carbocycles. The molecule has 2 aliphatic heterocycles.